The number of thioether (sulfide) groups is 1. The first-order chi connectivity index (χ1) is 8.09. The molecule has 7 heteroatoms. The molecule has 4 nitrogen and oxygen atoms in total. The van der Waals surface area contributed by atoms with Crippen LogP contribution in [0.5, 0.6) is 0 Å². The molecule has 94 valence electrons. The van der Waals surface area contributed by atoms with Crippen molar-refractivity contribution in [1.82, 2.24) is 9.71 Å². The zero-order chi connectivity index (χ0) is 12.3. The van der Waals surface area contributed by atoms with E-state index in [0.717, 1.165) is 30.4 Å². The Labute approximate surface area is 104 Å². The molecule has 1 unspecified atom stereocenters. The molecule has 0 aromatic carbocycles. The molecular formula is C10H13FN2O2S2. The van der Waals surface area contributed by atoms with E-state index in [1.54, 1.807) is 11.8 Å². The number of rotatable bonds is 3. The Morgan fingerprint density at radius 2 is 2.35 bits per heavy atom. The van der Waals surface area contributed by atoms with E-state index in [9.17, 15) is 12.8 Å². The number of nitrogens with one attached hydrogen (secondary N) is 1. The van der Waals surface area contributed by atoms with Gasteiger partial charge in [0.2, 0.25) is 5.03 Å². The summed E-state index contributed by atoms with van der Waals surface area (Å²) in [5.74, 6) is 0.965. The second-order valence-electron chi connectivity index (χ2n) is 3.83. The summed E-state index contributed by atoms with van der Waals surface area (Å²) < 4.78 is 39.7. The molecule has 1 atom stereocenters. The smallest absolute Gasteiger partial charge is 0.241 e. The van der Waals surface area contributed by atoms with Gasteiger partial charge in [-0.3, -0.25) is 0 Å². The zero-order valence-corrected chi connectivity index (χ0v) is 10.7. The average molecular weight is 276 g/mol. The Balaban J connectivity index is 2.16. The number of hydrogen-bond acceptors (Lipinski definition) is 4. The Hall–Kier alpha value is -0.660. The predicted octanol–water partition coefficient (Wildman–Crippen LogP) is 1.39. The van der Waals surface area contributed by atoms with Crippen LogP contribution < -0.4 is 4.72 Å². The molecule has 1 aliphatic heterocycles. The minimum Gasteiger partial charge on any atom is -0.241 e. The van der Waals surface area contributed by atoms with Crippen molar-refractivity contribution in [1.29, 1.82) is 0 Å². The Morgan fingerprint density at radius 1 is 1.53 bits per heavy atom. The van der Waals surface area contributed by atoms with Crippen LogP contribution in [0.3, 0.4) is 0 Å². The van der Waals surface area contributed by atoms with Crippen LogP contribution in [0, 0.1) is 5.82 Å². The van der Waals surface area contributed by atoms with Gasteiger partial charge in [0.15, 0.2) is 5.82 Å². The number of aromatic nitrogens is 1. The van der Waals surface area contributed by atoms with Crippen molar-refractivity contribution < 1.29 is 12.8 Å². The maximum atomic E-state index is 13.4. The van der Waals surface area contributed by atoms with Gasteiger partial charge in [0.05, 0.1) is 0 Å². The van der Waals surface area contributed by atoms with Gasteiger partial charge >= 0.3 is 0 Å². The van der Waals surface area contributed by atoms with Crippen molar-refractivity contribution in [3.05, 3.63) is 24.1 Å². The number of pyridine rings is 1. The number of nitrogens with zero attached hydrogens (tertiary/aromatic N) is 1. The predicted molar refractivity (Wildman–Crippen MR) is 64.9 cm³/mol. The van der Waals surface area contributed by atoms with Crippen LogP contribution >= 0.6 is 11.8 Å². The molecule has 0 radical (unpaired) electrons. The summed E-state index contributed by atoms with van der Waals surface area (Å²) in [6.45, 7) is 0. The molecule has 2 rings (SSSR count). The Kier molecular flexibility index (Phi) is 4.01. The highest BCUT2D eigenvalue weighted by Crippen LogP contribution is 2.19. The van der Waals surface area contributed by atoms with Crippen molar-refractivity contribution in [2.75, 3.05) is 11.5 Å². The summed E-state index contributed by atoms with van der Waals surface area (Å²) >= 11 is 1.70. The highest BCUT2D eigenvalue weighted by Gasteiger charge is 2.25. The van der Waals surface area contributed by atoms with E-state index in [0.29, 0.717) is 0 Å². The quantitative estimate of drug-likeness (QED) is 0.906. The van der Waals surface area contributed by atoms with Crippen LogP contribution in [0.1, 0.15) is 12.8 Å². The van der Waals surface area contributed by atoms with E-state index in [4.69, 9.17) is 0 Å². The highest BCUT2D eigenvalue weighted by atomic mass is 32.2. The van der Waals surface area contributed by atoms with Gasteiger partial charge < -0.3 is 0 Å². The van der Waals surface area contributed by atoms with Gasteiger partial charge in [-0.25, -0.2) is 22.5 Å². The van der Waals surface area contributed by atoms with Gasteiger partial charge in [-0.1, -0.05) is 0 Å². The first kappa shape index (κ1) is 12.8. The molecule has 2 heterocycles. The van der Waals surface area contributed by atoms with Crippen LogP contribution in [0.25, 0.3) is 0 Å². The maximum absolute atomic E-state index is 13.4. The second kappa shape index (κ2) is 5.32. The van der Waals surface area contributed by atoms with Crippen LogP contribution in [0.2, 0.25) is 0 Å². The van der Waals surface area contributed by atoms with Crippen molar-refractivity contribution in [2.24, 2.45) is 0 Å². The molecule has 0 bridgehead atoms. The first-order valence-electron chi connectivity index (χ1n) is 5.30. The molecule has 1 fully saturated rings. The van der Waals surface area contributed by atoms with E-state index in [1.807, 2.05) is 0 Å². The van der Waals surface area contributed by atoms with Crippen LogP contribution in [-0.4, -0.2) is 30.9 Å². The number of hydrogen-bond donors (Lipinski definition) is 1. The van der Waals surface area contributed by atoms with Crippen molar-refractivity contribution >= 4 is 21.8 Å². The highest BCUT2D eigenvalue weighted by molar-refractivity contribution is 7.99. The van der Waals surface area contributed by atoms with Crippen LogP contribution in [0.15, 0.2) is 23.4 Å². The molecule has 1 N–H and O–H groups in total. The Morgan fingerprint density at radius 3 is 3.00 bits per heavy atom. The fourth-order valence-corrected chi connectivity index (χ4v) is 4.13. The minimum absolute atomic E-state index is 0.125. The number of halogens is 1. The second-order valence-corrected chi connectivity index (χ2v) is 6.60. The topological polar surface area (TPSA) is 59.1 Å². The van der Waals surface area contributed by atoms with Crippen molar-refractivity contribution in [2.45, 2.75) is 23.9 Å². The molecule has 0 spiro atoms. The van der Waals surface area contributed by atoms with Gasteiger partial charge in [-0.2, -0.15) is 11.8 Å². The lowest BCUT2D eigenvalue weighted by atomic mass is 10.2. The summed E-state index contributed by atoms with van der Waals surface area (Å²) in [5, 5.41) is -0.518. The summed E-state index contributed by atoms with van der Waals surface area (Å²) in [5.41, 5.74) is 0. The molecule has 0 aliphatic carbocycles. The van der Waals surface area contributed by atoms with Crippen LogP contribution in [-0.2, 0) is 10.0 Å². The monoisotopic (exact) mass is 276 g/mol. The van der Waals surface area contributed by atoms with Crippen LogP contribution in [0.4, 0.5) is 4.39 Å². The summed E-state index contributed by atoms with van der Waals surface area (Å²) in [4.78, 5) is 3.58. The van der Waals surface area contributed by atoms with E-state index in [2.05, 4.69) is 9.71 Å². The van der Waals surface area contributed by atoms with Gasteiger partial charge in [-0.15, -0.1) is 0 Å². The van der Waals surface area contributed by atoms with Gasteiger partial charge in [0.25, 0.3) is 10.0 Å². The fraction of sp³-hybridized carbons (Fsp3) is 0.500. The van der Waals surface area contributed by atoms with E-state index < -0.39 is 20.9 Å². The SMILES string of the molecule is O=S(=O)(NC1CCCSC1)c1ncccc1F. The third kappa shape index (κ3) is 3.17. The van der Waals surface area contributed by atoms with Crippen molar-refractivity contribution in [3.8, 4) is 0 Å². The first-order valence-corrected chi connectivity index (χ1v) is 7.94. The van der Waals surface area contributed by atoms with E-state index in [1.165, 1.54) is 12.3 Å². The molecule has 17 heavy (non-hydrogen) atoms. The largest absolute Gasteiger partial charge is 0.261 e. The average Bonchev–Trinajstić information content (AvgIpc) is 2.30. The minimum atomic E-state index is -3.84. The summed E-state index contributed by atoms with van der Waals surface area (Å²) in [6, 6.07) is 2.34. The normalized spacial score (nSPS) is 21.4. The molecule has 1 aromatic rings. The molecule has 0 saturated carbocycles. The summed E-state index contributed by atoms with van der Waals surface area (Å²) in [7, 11) is -3.84. The standard InChI is InChI=1S/C10H13FN2O2S2/c11-9-4-1-5-12-10(9)17(14,15)13-8-3-2-6-16-7-8/h1,4-5,8,13H,2-3,6-7H2. The molecule has 1 aromatic heterocycles. The van der Waals surface area contributed by atoms with E-state index >= 15 is 0 Å². The summed E-state index contributed by atoms with van der Waals surface area (Å²) in [6.07, 6.45) is 3.04. The zero-order valence-electron chi connectivity index (χ0n) is 9.10. The molecular weight excluding hydrogens is 263 g/mol. The molecule has 1 aliphatic rings. The van der Waals surface area contributed by atoms with Gasteiger partial charge in [0, 0.05) is 18.0 Å². The molecule has 1 saturated heterocycles. The molecule has 0 amide bonds. The lowest BCUT2D eigenvalue weighted by Gasteiger charge is -2.22. The maximum Gasteiger partial charge on any atom is 0.261 e. The third-order valence-electron chi connectivity index (χ3n) is 2.46. The lowest BCUT2D eigenvalue weighted by Crippen LogP contribution is -2.39. The Bertz CT molecular complexity index is 487. The van der Waals surface area contributed by atoms with Gasteiger partial charge in [-0.05, 0) is 30.7 Å². The number of sulfonamides is 1. The third-order valence-corrected chi connectivity index (χ3v) is 5.13. The van der Waals surface area contributed by atoms with E-state index in [-0.39, 0.29) is 6.04 Å². The fourth-order valence-electron chi connectivity index (χ4n) is 1.68. The van der Waals surface area contributed by atoms with Crippen molar-refractivity contribution in [3.63, 3.8) is 0 Å². The van der Waals surface area contributed by atoms with Gasteiger partial charge in [0.1, 0.15) is 0 Å². The lowest BCUT2D eigenvalue weighted by molar-refractivity contribution is 0.522.